The molecule has 12 aromatic rings. The van der Waals surface area contributed by atoms with E-state index in [0.717, 1.165) is 66.2 Å². The first kappa shape index (κ1) is 33.9. The number of fused-ring (bicyclic) bond motifs is 7. The standard InChI is InChI=1S/C55H35N5/c1-3-13-36(14-4-1)37-23-25-38(26-24-37)39-27-29-41(30-28-39)54-56-53(40-15-5-2-6-16-40)57-55(58-54)60-51-34-43-18-8-7-17-42(43)33-48(51)47-32-31-44(35-52(47)60)59-49-21-11-9-19-45(49)46-20-10-12-22-50(46)59/h1-35H. The van der Waals surface area contributed by atoms with E-state index < -0.39 is 0 Å². The Balaban J connectivity index is 1.06. The monoisotopic (exact) mass is 765 g/mol. The van der Waals surface area contributed by atoms with Gasteiger partial charge in [0.05, 0.1) is 22.1 Å². The molecule has 0 aliphatic rings. The average molecular weight is 766 g/mol. The van der Waals surface area contributed by atoms with Crippen LogP contribution in [0.25, 0.3) is 111 Å². The molecular formula is C55H35N5. The summed E-state index contributed by atoms with van der Waals surface area (Å²) in [4.78, 5) is 15.7. The van der Waals surface area contributed by atoms with Crippen LogP contribution in [0.5, 0.6) is 0 Å². The van der Waals surface area contributed by atoms with Crippen molar-refractivity contribution in [3.63, 3.8) is 0 Å². The van der Waals surface area contributed by atoms with E-state index in [1.807, 2.05) is 24.3 Å². The fourth-order valence-electron chi connectivity index (χ4n) is 8.85. The van der Waals surface area contributed by atoms with Gasteiger partial charge in [-0.15, -0.1) is 0 Å². The smallest absolute Gasteiger partial charge is 0.238 e. The van der Waals surface area contributed by atoms with Gasteiger partial charge in [-0.1, -0.05) is 176 Å². The lowest BCUT2D eigenvalue weighted by molar-refractivity contribution is 0.953. The van der Waals surface area contributed by atoms with E-state index in [1.165, 1.54) is 27.3 Å². The van der Waals surface area contributed by atoms with Crippen LogP contribution in [0, 0.1) is 0 Å². The van der Waals surface area contributed by atoms with E-state index in [2.05, 4.69) is 197 Å². The minimum atomic E-state index is 0.564. The van der Waals surface area contributed by atoms with Gasteiger partial charge in [0.1, 0.15) is 0 Å². The number of hydrogen-bond acceptors (Lipinski definition) is 3. The lowest BCUT2D eigenvalue weighted by Gasteiger charge is -2.13. The average Bonchev–Trinajstić information content (AvgIpc) is 3.83. The van der Waals surface area contributed by atoms with Crippen LogP contribution in [-0.4, -0.2) is 24.1 Å². The molecule has 0 aliphatic carbocycles. The number of hydrogen-bond donors (Lipinski definition) is 0. The number of aromatic nitrogens is 5. The number of rotatable bonds is 6. The summed E-state index contributed by atoms with van der Waals surface area (Å²) in [6.07, 6.45) is 0. The van der Waals surface area contributed by atoms with Crippen molar-refractivity contribution in [3.05, 3.63) is 212 Å². The Bertz CT molecular complexity index is 3510. The van der Waals surface area contributed by atoms with Crippen LogP contribution in [0.15, 0.2) is 212 Å². The van der Waals surface area contributed by atoms with Crippen molar-refractivity contribution in [2.75, 3.05) is 0 Å². The predicted molar refractivity (Wildman–Crippen MR) is 248 cm³/mol. The SMILES string of the molecule is c1ccc(-c2ccc(-c3ccc(-c4nc(-c5ccccc5)nc(-n5c6cc(-n7c8ccccc8c8ccccc87)ccc6c6cc7ccccc7cc65)n4)cc3)cc2)cc1. The lowest BCUT2D eigenvalue weighted by Crippen LogP contribution is -2.06. The van der Waals surface area contributed by atoms with Crippen LogP contribution in [-0.2, 0) is 0 Å². The van der Waals surface area contributed by atoms with Crippen LogP contribution < -0.4 is 0 Å². The zero-order valence-corrected chi connectivity index (χ0v) is 32.4. The number of benzene rings is 9. The van der Waals surface area contributed by atoms with E-state index in [4.69, 9.17) is 15.0 Å². The Labute approximate surface area is 346 Å². The van der Waals surface area contributed by atoms with Crippen molar-refractivity contribution in [2.24, 2.45) is 0 Å². The van der Waals surface area contributed by atoms with Crippen molar-refractivity contribution in [2.45, 2.75) is 0 Å². The summed E-state index contributed by atoms with van der Waals surface area (Å²) in [7, 11) is 0. The van der Waals surface area contributed by atoms with Gasteiger partial charge >= 0.3 is 0 Å². The molecule has 0 unspecified atom stereocenters. The largest absolute Gasteiger partial charge is 0.309 e. The molecule has 280 valence electrons. The molecule has 3 aromatic heterocycles. The Morgan fingerprint density at radius 3 is 1.30 bits per heavy atom. The van der Waals surface area contributed by atoms with Gasteiger partial charge in [-0.2, -0.15) is 9.97 Å². The first-order valence-electron chi connectivity index (χ1n) is 20.3. The molecule has 0 fully saturated rings. The van der Waals surface area contributed by atoms with Gasteiger partial charge in [-0.3, -0.25) is 4.57 Å². The molecule has 5 nitrogen and oxygen atoms in total. The zero-order valence-electron chi connectivity index (χ0n) is 32.4. The van der Waals surface area contributed by atoms with E-state index in [1.54, 1.807) is 0 Å². The Kier molecular flexibility index (Phi) is 7.78. The summed E-state index contributed by atoms with van der Waals surface area (Å²) in [6, 6.07) is 75.2. The fraction of sp³-hybridized carbons (Fsp3) is 0. The molecular weight excluding hydrogens is 731 g/mol. The second-order valence-corrected chi connectivity index (χ2v) is 15.3. The normalized spacial score (nSPS) is 11.7. The second-order valence-electron chi connectivity index (χ2n) is 15.3. The highest BCUT2D eigenvalue weighted by Gasteiger charge is 2.20. The van der Waals surface area contributed by atoms with Crippen LogP contribution in [0.3, 0.4) is 0 Å². The molecule has 0 spiro atoms. The molecule has 0 bridgehead atoms. The maximum Gasteiger partial charge on any atom is 0.238 e. The summed E-state index contributed by atoms with van der Waals surface area (Å²) in [5, 5.41) is 7.07. The summed E-state index contributed by atoms with van der Waals surface area (Å²) in [5.74, 6) is 1.79. The molecule has 0 atom stereocenters. The van der Waals surface area contributed by atoms with Crippen LogP contribution in [0.1, 0.15) is 0 Å². The van der Waals surface area contributed by atoms with Gasteiger partial charge in [0.2, 0.25) is 5.95 Å². The lowest BCUT2D eigenvalue weighted by atomic mass is 9.99. The molecule has 0 amide bonds. The molecule has 12 rings (SSSR count). The van der Waals surface area contributed by atoms with Crippen molar-refractivity contribution in [1.82, 2.24) is 24.1 Å². The quantitative estimate of drug-likeness (QED) is 0.169. The molecule has 60 heavy (non-hydrogen) atoms. The van der Waals surface area contributed by atoms with Crippen molar-refractivity contribution in [1.29, 1.82) is 0 Å². The van der Waals surface area contributed by atoms with E-state index in [-0.39, 0.29) is 0 Å². The first-order valence-corrected chi connectivity index (χ1v) is 20.3. The first-order chi connectivity index (χ1) is 29.7. The summed E-state index contributed by atoms with van der Waals surface area (Å²) in [6.45, 7) is 0. The van der Waals surface area contributed by atoms with E-state index in [0.29, 0.717) is 17.6 Å². The van der Waals surface area contributed by atoms with E-state index in [9.17, 15) is 0 Å². The minimum absolute atomic E-state index is 0.564. The van der Waals surface area contributed by atoms with Gasteiger partial charge in [-0.25, -0.2) is 4.98 Å². The van der Waals surface area contributed by atoms with Gasteiger partial charge in [0.25, 0.3) is 0 Å². The van der Waals surface area contributed by atoms with Gasteiger partial charge in [-0.05, 0) is 69.4 Å². The fourth-order valence-corrected chi connectivity index (χ4v) is 8.85. The minimum Gasteiger partial charge on any atom is -0.309 e. The molecule has 0 aliphatic heterocycles. The van der Waals surface area contributed by atoms with Gasteiger partial charge in [0, 0.05) is 38.4 Å². The highest BCUT2D eigenvalue weighted by molar-refractivity contribution is 6.14. The second kappa shape index (κ2) is 13.8. The molecule has 0 saturated heterocycles. The van der Waals surface area contributed by atoms with Crippen LogP contribution in [0.4, 0.5) is 0 Å². The maximum absolute atomic E-state index is 5.33. The third kappa shape index (κ3) is 5.59. The van der Waals surface area contributed by atoms with Crippen LogP contribution >= 0.6 is 0 Å². The number of para-hydroxylation sites is 2. The highest BCUT2D eigenvalue weighted by Crippen LogP contribution is 2.38. The van der Waals surface area contributed by atoms with E-state index >= 15 is 0 Å². The third-order valence-electron chi connectivity index (χ3n) is 11.8. The third-order valence-corrected chi connectivity index (χ3v) is 11.8. The molecule has 5 heteroatoms. The van der Waals surface area contributed by atoms with Gasteiger partial charge in [0.15, 0.2) is 11.6 Å². The molecule has 0 radical (unpaired) electrons. The van der Waals surface area contributed by atoms with Crippen LogP contribution in [0.2, 0.25) is 0 Å². The molecule has 0 saturated carbocycles. The molecule has 3 heterocycles. The predicted octanol–water partition coefficient (Wildman–Crippen LogP) is 13.9. The Morgan fingerprint density at radius 2 is 0.700 bits per heavy atom. The summed E-state index contributed by atoms with van der Waals surface area (Å²) < 4.78 is 4.60. The van der Waals surface area contributed by atoms with Crippen molar-refractivity contribution in [3.8, 4) is 56.7 Å². The van der Waals surface area contributed by atoms with Gasteiger partial charge < -0.3 is 4.57 Å². The Hall–Kier alpha value is -8.15. The molecule has 9 aromatic carbocycles. The van der Waals surface area contributed by atoms with Crippen molar-refractivity contribution >= 4 is 54.4 Å². The zero-order chi connectivity index (χ0) is 39.6. The summed E-state index contributed by atoms with van der Waals surface area (Å²) >= 11 is 0. The maximum atomic E-state index is 5.33. The Morgan fingerprint density at radius 1 is 0.267 bits per heavy atom. The number of nitrogens with zero attached hydrogens (tertiary/aromatic N) is 5. The van der Waals surface area contributed by atoms with Crippen molar-refractivity contribution < 1.29 is 0 Å². The highest BCUT2D eigenvalue weighted by atomic mass is 15.2. The summed E-state index contributed by atoms with van der Waals surface area (Å²) in [5.41, 5.74) is 12.0. The topological polar surface area (TPSA) is 48.5 Å². The molecule has 0 N–H and O–H groups in total.